The Hall–Kier alpha value is -2.93. The zero-order valence-corrected chi connectivity index (χ0v) is 16.1. The number of halogens is 1. The first-order valence-corrected chi connectivity index (χ1v) is 9.57. The molecule has 0 aliphatic carbocycles. The predicted octanol–water partition coefficient (Wildman–Crippen LogP) is 3.53. The molecule has 1 N–H and O–H groups in total. The first-order chi connectivity index (χ1) is 13.4. The van der Waals surface area contributed by atoms with Crippen LogP contribution in [0.1, 0.15) is 16.7 Å². The molecule has 2 aromatic rings. The van der Waals surface area contributed by atoms with Gasteiger partial charge in [0, 0.05) is 13.1 Å². The summed E-state index contributed by atoms with van der Waals surface area (Å²) in [5.74, 6) is -0.946. The van der Waals surface area contributed by atoms with Crippen LogP contribution in [-0.2, 0) is 16.0 Å². The molecule has 0 bridgehead atoms. The largest absolute Gasteiger partial charge is 0.354 e. The number of hydrogen-bond acceptors (Lipinski definition) is 4. The molecule has 0 aromatic heterocycles. The summed E-state index contributed by atoms with van der Waals surface area (Å²) in [5, 5.41) is 2.35. The van der Waals surface area contributed by atoms with Crippen LogP contribution in [0.15, 0.2) is 53.4 Å². The molecule has 1 aliphatic heterocycles. The van der Waals surface area contributed by atoms with Gasteiger partial charge in [-0.25, -0.2) is 4.39 Å². The van der Waals surface area contributed by atoms with Crippen LogP contribution >= 0.6 is 11.8 Å². The Labute approximate surface area is 166 Å². The van der Waals surface area contributed by atoms with Gasteiger partial charge in [-0.15, -0.1) is 0 Å². The Morgan fingerprint density at radius 1 is 1.18 bits per heavy atom. The highest BCUT2D eigenvalue weighted by atomic mass is 32.2. The minimum atomic E-state index is -0.410. The van der Waals surface area contributed by atoms with Gasteiger partial charge in [-0.05, 0) is 48.0 Å². The van der Waals surface area contributed by atoms with Crippen molar-refractivity contribution in [2.45, 2.75) is 13.3 Å². The van der Waals surface area contributed by atoms with Crippen LogP contribution in [0, 0.1) is 12.7 Å². The van der Waals surface area contributed by atoms with E-state index in [0.717, 1.165) is 27.8 Å². The molecule has 28 heavy (non-hydrogen) atoms. The molecule has 0 unspecified atom stereocenters. The van der Waals surface area contributed by atoms with Gasteiger partial charge in [0.05, 0.1) is 11.3 Å². The molecule has 0 radical (unpaired) electrons. The van der Waals surface area contributed by atoms with E-state index >= 15 is 0 Å². The summed E-state index contributed by atoms with van der Waals surface area (Å²) in [6, 6.07) is 13.3. The number of hydrogen-bond donors (Lipinski definition) is 1. The molecule has 144 valence electrons. The van der Waals surface area contributed by atoms with E-state index in [1.165, 1.54) is 24.3 Å². The topological polar surface area (TPSA) is 66.5 Å². The van der Waals surface area contributed by atoms with Gasteiger partial charge in [0.2, 0.25) is 5.91 Å². The molecular weight excluding hydrogens is 379 g/mol. The molecule has 2 aromatic carbocycles. The van der Waals surface area contributed by atoms with Gasteiger partial charge in [0.1, 0.15) is 5.82 Å². The fourth-order valence-electron chi connectivity index (χ4n) is 2.78. The number of carbonyl (C=O) groups excluding carboxylic acids is 3. The molecule has 0 spiro atoms. The molecule has 3 rings (SSSR count). The molecular formula is C21H19FN2O3S. The number of thioether (sulfide) groups is 1. The number of nitrogens with one attached hydrogen (secondary N) is 1. The van der Waals surface area contributed by atoms with Crippen molar-refractivity contribution < 1.29 is 18.8 Å². The van der Waals surface area contributed by atoms with E-state index in [1.54, 1.807) is 6.08 Å². The Balaban J connectivity index is 1.53. The SMILES string of the molecule is Cc1cccc(CC(=O)NCCN2C(=O)SC(=Cc3ccc(F)cc3)C2=O)c1. The van der Waals surface area contributed by atoms with Crippen molar-refractivity contribution in [2.24, 2.45) is 0 Å². The smallest absolute Gasteiger partial charge is 0.293 e. The Kier molecular flexibility index (Phi) is 6.26. The van der Waals surface area contributed by atoms with Gasteiger partial charge < -0.3 is 5.32 Å². The quantitative estimate of drug-likeness (QED) is 0.756. The highest BCUT2D eigenvalue weighted by Gasteiger charge is 2.34. The molecule has 1 fully saturated rings. The van der Waals surface area contributed by atoms with E-state index < -0.39 is 5.91 Å². The molecule has 0 saturated carbocycles. The lowest BCUT2D eigenvalue weighted by molar-refractivity contribution is -0.124. The summed E-state index contributed by atoms with van der Waals surface area (Å²) in [6.45, 7) is 2.25. The lowest BCUT2D eigenvalue weighted by Crippen LogP contribution is -2.37. The van der Waals surface area contributed by atoms with Crippen molar-refractivity contribution >= 4 is 34.9 Å². The van der Waals surface area contributed by atoms with Crippen molar-refractivity contribution in [3.63, 3.8) is 0 Å². The fraction of sp³-hybridized carbons (Fsp3) is 0.190. The minimum absolute atomic E-state index is 0.102. The van der Waals surface area contributed by atoms with Crippen LogP contribution in [0.5, 0.6) is 0 Å². The highest BCUT2D eigenvalue weighted by molar-refractivity contribution is 8.18. The molecule has 1 heterocycles. The lowest BCUT2D eigenvalue weighted by atomic mass is 10.1. The van der Waals surface area contributed by atoms with Gasteiger partial charge in [-0.1, -0.05) is 42.0 Å². The second-order valence-electron chi connectivity index (χ2n) is 6.40. The monoisotopic (exact) mass is 398 g/mol. The predicted molar refractivity (Wildman–Crippen MR) is 107 cm³/mol. The Morgan fingerprint density at radius 2 is 1.93 bits per heavy atom. The van der Waals surface area contributed by atoms with Crippen LogP contribution in [-0.4, -0.2) is 35.0 Å². The third-order valence-electron chi connectivity index (χ3n) is 4.15. The number of rotatable bonds is 6. The molecule has 1 aliphatic rings. The van der Waals surface area contributed by atoms with Crippen molar-refractivity contribution in [3.8, 4) is 0 Å². The second-order valence-corrected chi connectivity index (χ2v) is 7.39. The van der Waals surface area contributed by atoms with E-state index in [2.05, 4.69) is 5.32 Å². The van der Waals surface area contributed by atoms with Gasteiger partial charge in [0.15, 0.2) is 0 Å². The van der Waals surface area contributed by atoms with E-state index in [0.29, 0.717) is 5.56 Å². The van der Waals surface area contributed by atoms with E-state index in [1.807, 2.05) is 31.2 Å². The second kappa shape index (κ2) is 8.84. The number of imide groups is 1. The van der Waals surface area contributed by atoms with Gasteiger partial charge in [-0.3, -0.25) is 19.3 Å². The molecule has 1 saturated heterocycles. The Bertz CT molecular complexity index is 941. The Morgan fingerprint density at radius 3 is 2.64 bits per heavy atom. The van der Waals surface area contributed by atoms with Gasteiger partial charge in [0.25, 0.3) is 11.1 Å². The number of carbonyl (C=O) groups is 3. The maximum atomic E-state index is 13.0. The maximum Gasteiger partial charge on any atom is 0.293 e. The van der Waals surface area contributed by atoms with Gasteiger partial charge >= 0.3 is 0 Å². The first kappa shape index (κ1) is 19.8. The van der Waals surface area contributed by atoms with E-state index in [4.69, 9.17) is 0 Å². The first-order valence-electron chi connectivity index (χ1n) is 8.75. The van der Waals surface area contributed by atoms with Crippen molar-refractivity contribution in [1.29, 1.82) is 0 Å². The molecule has 3 amide bonds. The third-order valence-corrected chi connectivity index (χ3v) is 5.05. The summed E-state index contributed by atoms with van der Waals surface area (Å²) in [6.07, 6.45) is 1.80. The zero-order valence-electron chi connectivity index (χ0n) is 15.3. The minimum Gasteiger partial charge on any atom is -0.354 e. The van der Waals surface area contributed by atoms with Crippen LogP contribution in [0.3, 0.4) is 0 Å². The van der Waals surface area contributed by atoms with Crippen LogP contribution in [0.4, 0.5) is 9.18 Å². The van der Waals surface area contributed by atoms with Crippen LogP contribution in [0.25, 0.3) is 6.08 Å². The third kappa shape index (κ3) is 5.07. The number of aryl methyl sites for hydroxylation is 1. The summed E-state index contributed by atoms with van der Waals surface area (Å²) in [5.41, 5.74) is 2.63. The molecule has 5 nitrogen and oxygen atoms in total. The molecule has 0 atom stereocenters. The molecule has 7 heteroatoms. The number of nitrogens with zero attached hydrogens (tertiary/aromatic N) is 1. The summed E-state index contributed by atoms with van der Waals surface area (Å²) >= 11 is 0.836. The fourth-order valence-corrected chi connectivity index (χ4v) is 3.65. The number of benzene rings is 2. The highest BCUT2D eigenvalue weighted by Crippen LogP contribution is 2.31. The summed E-state index contributed by atoms with van der Waals surface area (Å²) < 4.78 is 13.0. The average Bonchev–Trinajstić information content (AvgIpc) is 2.91. The van der Waals surface area contributed by atoms with Crippen molar-refractivity contribution in [2.75, 3.05) is 13.1 Å². The number of amides is 3. The van der Waals surface area contributed by atoms with Crippen LogP contribution in [0.2, 0.25) is 0 Å². The van der Waals surface area contributed by atoms with Crippen LogP contribution < -0.4 is 5.32 Å². The zero-order chi connectivity index (χ0) is 20.1. The van der Waals surface area contributed by atoms with E-state index in [9.17, 15) is 18.8 Å². The van der Waals surface area contributed by atoms with Crippen molar-refractivity contribution in [1.82, 2.24) is 10.2 Å². The van der Waals surface area contributed by atoms with Gasteiger partial charge in [-0.2, -0.15) is 0 Å². The standard InChI is InChI=1S/C21H19FN2O3S/c1-14-3-2-4-16(11-14)13-19(25)23-9-10-24-20(26)18(28-21(24)27)12-15-5-7-17(22)8-6-15/h2-8,11-12H,9-10,13H2,1H3,(H,23,25). The summed E-state index contributed by atoms with van der Waals surface area (Å²) in [4.78, 5) is 38.0. The maximum absolute atomic E-state index is 13.0. The van der Waals surface area contributed by atoms with E-state index in [-0.39, 0.29) is 41.4 Å². The average molecular weight is 398 g/mol. The normalized spacial score (nSPS) is 15.4. The lowest BCUT2D eigenvalue weighted by Gasteiger charge is -2.13. The summed E-state index contributed by atoms with van der Waals surface area (Å²) in [7, 11) is 0. The van der Waals surface area contributed by atoms with Crippen molar-refractivity contribution in [3.05, 3.63) is 75.9 Å².